The predicted octanol–water partition coefficient (Wildman–Crippen LogP) is 3.97. The fourth-order valence-corrected chi connectivity index (χ4v) is 2.95. The van der Waals surface area contributed by atoms with Crippen molar-refractivity contribution in [1.29, 1.82) is 0 Å². The maximum absolute atomic E-state index is 6.27. The zero-order valence-electron chi connectivity index (χ0n) is 12.5. The van der Waals surface area contributed by atoms with Gasteiger partial charge in [0.1, 0.15) is 5.02 Å². The van der Waals surface area contributed by atoms with Crippen molar-refractivity contribution in [3.63, 3.8) is 0 Å². The highest BCUT2D eigenvalue weighted by atomic mass is 35.5. The molecule has 0 radical (unpaired) electrons. The highest BCUT2D eigenvalue weighted by Gasteiger charge is 2.21. The molecule has 0 aromatic carbocycles. The second-order valence-corrected chi connectivity index (χ2v) is 5.92. The van der Waals surface area contributed by atoms with Crippen LogP contribution in [0.1, 0.15) is 46.0 Å². The third-order valence-corrected chi connectivity index (χ3v) is 4.14. The molecular formula is C15H25ClN4. The van der Waals surface area contributed by atoms with Crippen LogP contribution in [0, 0.1) is 5.92 Å². The second kappa shape index (κ2) is 7.67. The quantitative estimate of drug-likeness (QED) is 0.862. The molecule has 1 aromatic rings. The molecule has 0 atom stereocenters. The number of anilines is 2. The Morgan fingerprint density at radius 1 is 1.30 bits per heavy atom. The van der Waals surface area contributed by atoms with Crippen molar-refractivity contribution in [3.05, 3.63) is 11.2 Å². The molecule has 0 unspecified atom stereocenters. The van der Waals surface area contributed by atoms with Gasteiger partial charge in [-0.2, -0.15) is 4.98 Å². The number of piperidine rings is 1. The topological polar surface area (TPSA) is 41.1 Å². The molecule has 20 heavy (non-hydrogen) atoms. The number of hydrogen-bond donors (Lipinski definition) is 1. The SMILES string of the molecule is CCCNc1ncc(Cl)c(N2CCC(CCC)CC2)n1. The molecule has 1 aliphatic heterocycles. The maximum atomic E-state index is 6.27. The van der Waals surface area contributed by atoms with E-state index in [0.29, 0.717) is 11.0 Å². The van der Waals surface area contributed by atoms with Crippen molar-refractivity contribution in [2.45, 2.75) is 46.0 Å². The largest absolute Gasteiger partial charge is 0.355 e. The first kappa shape index (κ1) is 15.4. The fraction of sp³-hybridized carbons (Fsp3) is 0.733. The Bertz CT molecular complexity index is 416. The molecule has 5 heteroatoms. The Kier molecular flexibility index (Phi) is 5.89. The van der Waals surface area contributed by atoms with Gasteiger partial charge in [0.15, 0.2) is 5.82 Å². The summed E-state index contributed by atoms with van der Waals surface area (Å²) in [5, 5.41) is 3.88. The summed E-state index contributed by atoms with van der Waals surface area (Å²) in [6.45, 7) is 7.38. The van der Waals surface area contributed by atoms with E-state index in [1.54, 1.807) is 6.20 Å². The normalized spacial score (nSPS) is 16.4. The van der Waals surface area contributed by atoms with Crippen LogP contribution < -0.4 is 10.2 Å². The molecule has 0 aliphatic carbocycles. The monoisotopic (exact) mass is 296 g/mol. The summed E-state index contributed by atoms with van der Waals surface area (Å²) in [6.07, 6.45) is 7.88. The van der Waals surface area contributed by atoms with Crippen LogP contribution in [0.25, 0.3) is 0 Å². The number of hydrogen-bond acceptors (Lipinski definition) is 4. The van der Waals surface area contributed by atoms with Gasteiger partial charge in [-0.15, -0.1) is 0 Å². The molecule has 0 bridgehead atoms. The minimum atomic E-state index is 0.654. The molecule has 2 rings (SSSR count). The molecule has 4 nitrogen and oxygen atoms in total. The third-order valence-electron chi connectivity index (χ3n) is 3.87. The van der Waals surface area contributed by atoms with E-state index in [2.05, 4.69) is 34.0 Å². The fourth-order valence-electron chi connectivity index (χ4n) is 2.74. The van der Waals surface area contributed by atoms with Gasteiger partial charge in [0.05, 0.1) is 6.20 Å². The lowest BCUT2D eigenvalue weighted by molar-refractivity contribution is 0.377. The summed E-state index contributed by atoms with van der Waals surface area (Å²) in [4.78, 5) is 11.1. The molecule has 1 aromatic heterocycles. The van der Waals surface area contributed by atoms with Crippen LogP contribution >= 0.6 is 11.6 Å². The molecule has 1 N–H and O–H groups in total. The van der Waals surface area contributed by atoms with E-state index in [1.165, 1.54) is 25.7 Å². The van der Waals surface area contributed by atoms with Gasteiger partial charge in [-0.05, 0) is 25.2 Å². The second-order valence-electron chi connectivity index (χ2n) is 5.51. The minimum absolute atomic E-state index is 0.654. The summed E-state index contributed by atoms with van der Waals surface area (Å²) < 4.78 is 0. The van der Waals surface area contributed by atoms with E-state index in [0.717, 1.165) is 37.8 Å². The van der Waals surface area contributed by atoms with Gasteiger partial charge >= 0.3 is 0 Å². The van der Waals surface area contributed by atoms with Crippen LogP contribution in [-0.4, -0.2) is 29.6 Å². The van der Waals surface area contributed by atoms with E-state index in [-0.39, 0.29) is 0 Å². The van der Waals surface area contributed by atoms with Crippen molar-refractivity contribution in [1.82, 2.24) is 9.97 Å². The van der Waals surface area contributed by atoms with Crippen molar-refractivity contribution < 1.29 is 0 Å². The molecule has 0 spiro atoms. The molecule has 1 saturated heterocycles. The lowest BCUT2D eigenvalue weighted by Crippen LogP contribution is -2.34. The van der Waals surface area contributed by atoms with Crippen LogP contribution in [0.2, 0.25) is 5.02 Å². The van der Waals surface area contributed by atoms with Crippen LogP contribution in [0.15, 0.2) is 6.20 Å². The molecule has 1 aliphatic rings. The zero-order chi connectivity index (χ0) is 14.4. The number of nitrogens with zero attached hydrogens (tertiary/aromatic N) is 3. The van der Waals surface area contributed by atoms with Gasteiger partial charge in [0.2, 0.25) is 5.95 Å². The van der Waals surface area contributed by atoms with Crippen molar-refractivity contribution in [2.24, 2.45) is 5.92 Å². The Labute approximate surface area is 126 Å². The van der Waals surface area contributed by atoms with Crippen molar-refractivity contribution in [2.75, 3.05) is 29.9 Å². The van der Waals surface area contributed by atoms with E-state index in [9.17, 15) is 0 Å². The summed E-state index contributed by atoms with van der Waals surface area (Å²) in [5.74, 6) is 2.44. The highest BCUT2D eigenvalue weighted by Crippen LogP contribution is 2.29. The number of halogens is 1. The lowest BCUT2D eigenvalue weighted by atomic mass is 9.92. The van der Waals surface area contributed by atoms with Crippen LogP contribution in [0.4, 0.5) is 11.8 Å². The van der Waals surface area contributed by atoms with Crippen molar-refractivity contribution >= 4 is 23.4 Å². The predicted molar refractivity (Wildman–Crippen MR) is 85.7 cm³/mol. The van der Waals surface area contributed by atoms with Gasteiger partial charge in [-0.1, -0.05) is 38.3 Å². The van der Waals surface area contributed by atoms with Gasteiger partial charge in [-0.3, -0.25) is 0 Å². The van der Waals surface area contributed by atoms with Gasteiger partial charge < -0.3 is 10.2 Å². The maximum Gasteiger partial charge on any atom is 0.224 e. The van der Waals surface area contributed by atoms with E-state index in [1.807, 2.05) is 0 Å². The molecule has 112 valence electrons. The van der Waals surface area contributed by atoms with Gasteiger partial charge in [0, 0.05) is 19.6 Å². The summed E-state index contributed by atoms with van der Waals surface area (Å²) in [5.41, 5.74) is 0. The average Bonchev–Trinajstić information content (AvgIpc) is 2.48. The number of aromatic nitrogens is 2. The van der Waals surface area contributed by atoms with Crippen LogP contribution in [0.3, 0.4) is 0 Å². The Morgan fingerprint density at radius 3 is 2.70 bits per heavy atom. The van der Waals surface area contributed by atoms with E-state index < -0.39 is 0 Å². The van der Waals surface area contributed by atoms with Crippen molar-refractivity contribution in [3.8, 4) is 0 Å². The first-order chi connectivity index (χ1) is 9.74. The molecule has 2 heterocycles. The smallest absolute Gasteiger partial charge is 0.224 e. The van der Waals surface area contributed by atoms with Crippen LogP contribution in [0.5, 0.6) is 0 Å². The standard InChI is InChI=1S/C15H25ClN4/c1-3-5-12-6-9-20(10-7-12)14-13(16)11-18-15(19-14)17-8-4-2/h11-12H,3-10H2,1-2H3,(H,17,18,19). The van der Waals surface area contributed by atoms with E-state index >= 15 is 0 Å². The highest BCUT2D eigenvalue weighted by molar-refractivity contribution is 6.32. The number of nitrogens with one attached hydrogen (secondary N) is 1. The average molecular weight is 297 g/mol. The Morgan fingerprint density at radius 2 is 2.05 bits per heavy atom. The van der Waals surface area contributed by atoms with Gasteiger partial charge in [0.25, 0.3) is 0 Å². The molecule has 0 amide bonds. The summed E-state index contributed by atoms with van der Waals surface area (Å²) >= 11 is 6.27. The van der Waals surface area contributed by atoms with Crippen LogP contribution in [-0.2, 0) is 0 Å². The van der Waals surface area contributed by atoms with Gasteiger partial charge in [-0.25, -0.2) is 4.98 Å². The Balaban J connectivity index is 2.01. The summed E-state index contributed by atoms with van der Waals surface area (Å²) in [6, 6.07) is 0. The summed E-state index contributed by atoms with van der Waals surface area (Å²) in [7, 11) is 0. The first-order valence-electron chi connectivity index (χ1n) is 7.76. The molecule has 0 saturated carbocycles. The molecular weight excluding hydrogens is 272 g/mol. The third kappa shape index (κ3) is 3.98. The Hall–Kier alpha value is -1.03. The zero-order valence-corrected chi connectivity index (χ0v) is 13.3. The van der Waals surface area contributed by atoms with E-state index in [4.69, 9.17) is 11.6 Å². The lowest BCUT2D eigenvalue weighted by Gasteiger charge is -2.33. The molecule has 1 fully saturated rings. The minimum Gasteiger partial charge on any atom is -0.355 e. The number of rotatable bonds is 6. The first-order valence-corrected chi connectivity index (χ1v) is 8.13.